The lowest BCUT2D eigenvalue weighted by molar-refractivity contribution is 0.192. The first-order valence-electron chi connectivity index (χ1n) is 8.16. The number of hydrogen-bond acceptors (Lipinski definition) is 4. The van der Waals surface area contributed by atoms with Crippen molar-refractivity contribution in [3.8, 4) is 0 Å². The summed E-state index contributed by atoms with van der Waals surface area (Å²) < 4.78 is 0. The van der Waals surface area contributed by atoms with Crippen molar-refractivity contribution in [2.75, 3.05) is 18.4 Å². The average molecular weight is 272 g/mol. The van der Waals surface area contributed by atoms with Gasteiger partial charge in [0, 0.05) is 36.3 Å². The van der Waals surface area contributed by atoms with Gasteiger partial charge in [-0.25, -0.2) is 9.97 Å². The van der Waals surface area contributed by atoms with Gasteiger partial charge in [-0.3, -0.25) is 4.90 Å². The zero-order valence-electron chi connectivity index (χ0n) is 12.3. The number of nitrogens with zero attached hydrogens (tertiary/aromatic N) is 3. The summed E-state index contributed by atoms with van der Waals surface area (Å²) in [7, 11) is 0. The zero-order chi connectivity index (χ0) is 13.5. The molecular weight excluding hydrogens is 248 g/mol. The van der Waals surface area contributed by atoms with Crippen LogP contribution in [0.1, 0.15) is 56.0 Å². The first-order chi connectivity index (χ1) is 9.79. The topological polar surface area (TPSA) is 41.0 Å². The lowest BCUT2D eigenvalue weighted by Crippen LogP contribution is -2.41. The molecule has 3 aliphatic rings. The zero-order valence-corrected chi connectivity index (χ0v) is 12.3. The van der Waals surface area contributed by atoms with E-state index in [1.54, 1.807) is 0 Å². The van der Waals surface area contributed by atoms with Crippen LogP contribution in [0.3, 0.4) is 0 Å². The predicted molar refractivity (Wildman–Crippen MR) is 80.0 cm³/mol. The molecule has 2 atom stereocenters. The van der Waals surface area contributed by atoms with Crippen LogP contribution in [0, 0.1) is 6.92 Å². The third-order valence-corrected chi connectivity index (χ3v) is 5.00. The summed E-state index contributed by atoms with van der Waals surface area (Å²) in [5.74, 6) is 2.74. The van der Waals surface area contributed by atoms with E-state index in [0.29, 0.717) is 12.0 Å². The fraction of sp³-hybridized carbons (Fsp3) is 0.750. The summed E-state index contributed by atoms with van der Waals surface area (Å²) in [5.41, 5.74) is 1.10. The molecule has 1 aliphatic carbocycles. The van der Waals surface area contributed by atoms with Gasteiger partial charge in [0.1, 0.15) is 11.6 Å². The van der Waals surface area contributed by atoms with Crippen LogP contribution >= 0.6 is 0 Å². The Kier molecular flexibility index (Phi) is 3.14. The Hall–Kier alpha value is -1.16. The highest BCUT2D eigenvalue weighted by atomic mass is 15.2. The highest BCUT2D eigenvalue weighted by Crippen LogP contribution is 2.38. The molecule has 0 unspecified atom stereocenters. The number of rotatable bonds is 3. The summed E-state index contributed by atoms with van der Waals surface area (Å²) in [6.07, 6.45) is 7.90. The maximum atomic E-state index is 4.76. The summed E-state index contributed by atoms with van der Waals surface area (Å²) in [6, 6.07) is 3.41. The van der Waals surface area contributed by atoms with Gasteiger partial charge in [0.25, 0.3) is 0 Å². The number of fused-ring (bicyclic) bond motifs is 1. The predicted octanol–water partition coefficient (Wildman–Crippen LogP) is 2.70. The molecule has 4 heteroatoms. The second-order valence-corrected chi connectivity index (χ2v) is 6.67. The molecule has 0 aromatic carbocycles. The van der Waals surface area contributed by atoms with Crippen LogP contribution in [0.4, 0.5) is 5.82 Å². The fourth-order valence-electron chi connectivity index (χ4n) is 3.80. The summed E-state index contributed by atoms with van der Waals surface area (Å²) in [5, 5.41) is 3.71. The van der Waals surface area contributed by atoms with Crippen molar-refractivity contribution in [1.82, 2.24) is 14.9 Å². The van der Waals surface area contributed by atoms with Crippen molar-refractivity contribution < 1.29 is 0 Å². The largest absolute Gasteiger partial charge is 0.366 e. The van der Waals surface area contributed by atoms with Crippen LogP contribution in [0.15, 0.2) is 6.07 Å². The third kappa shape index (κ3) is 2.41. The van der Waals surface area contributed by atoms with E-state index in [0.717, 1.165) is 23.4 Å². The van der Waals surface area contributed by atoms with Gasteiger partial charge in [-0.2, -0.15) is 0 Å². The molecule has 3 heterocycles. The highest BCUT2D eigenvalue weighted by molar-refractivity contribution is 5.39. The average Bonchev–Trinajstić information content (AvgIpc) is 3.22. The van der Waals surface area contributed by atoms with E-state index in [2.05, 4.69) is 28.2 Å². The van der Waals surface area contributed by atoms with Gasteiger partial charge in [-0.15, -0.1) is 0 Å². The molecule has 20 heavy (non-hydrogen) atoms. The van der Waals surface area contributed by atoms with E-state index in [1.165, 1.54) is 51.6 Å². The minimum absolute atomic E-state index is 0.580. The second-order valence-electron chi connectivity index (χ2n) is 6.67. The lowest BCUT2D eigenvalue weighted by atomic mass is 9.99. The van der Waals surface area contributed by atoms with E-state index < -0.39 is 0 Å². The third-order valence-electron chi connectivity index (χ3n) is 5.00. The number of piperidine rings is 1. The molecule has 1 aromatic heterocycles. The molecule has 2 saturated heterocycles. The van der Waals surface area contributed by atoms with Gasteiger partial charge in [0.05, 0.1) is 0 Å². The van der Waals surface area contributed by atoms with Gasteiger partial charge in [0.2, 0.25) is 0 Å². The van der Waals surface area contributed by atoms with Crippen LogP contribution in [0.2, 0.25) is 0 Å². The maximum Gasteiger partial charge on any atom is 0.134 e. The molecule has 1 aromatic rings. The van der Waals surface area contributed by atoms with E-state index >= 15 is 0 Å². The standard InChI is InChI=1S/C16H24N4/c1-11-10-15(19-16(17-11)12-5-6-12)18-13-7-9-20-8-3-2-4-14(13)20/h10,12-14H,2-9H2,1H3,(H,17,18,19)/t13-,14-/m0/s1. The molecule has 108 valence electrons. The maximum absolute atomic E-state index is 4.76. The summed E-state index contributed by atoms with van der Waals surface area (Å²) in [4.78, 5) is 12.0. The van der Waals surface area contributed by atoms with Gasteiger partial charge in [0.15, 0.2) is 0 Å². The van der Waals surface area contributed by atoms with Crippen LogP contribution in [-0.4, -0.2) is 40.0 Å². The molecule has 1 N–H and O–H groups in total. The Balaban J connectivity index is 1.50. The number of aromatic nitrogens is 2. The lowest BCUT2D eigenvalue weighted by Gasteiger charge is -2.32. The number of hydrogen-bond donors (Lipinski definition) is 1. The molecule has 4 rings (SSSR count). The van der Waals surface area contributed by atoms with Crippen molar-refractivity contribution in [2.45, 2.75) is 63.5 Å². The number of aryl methyl sites for hydroxylation is 1. The molecule has 2 aliphatic heterocycles. The van der Waals surface area contributed by atoms with Crippen molar-refractivity contribution >= 4 is 5.82 Å². The number of anilines is 1. The monoisotopic (exact) mass is 272 g/mol. The van der Waals surface area contributed by atoms with Crippen molar-refractivity contribution in [2.24, 2.45) is 0 Å². The van der Waals surface area contributed by atoms with E-state index in [1.807, 2.05) is 0 Å². The minimum Gasteiger partial charge on any atom is -0.366 e. The number of nitrogens with one attached hydrogen (secondary N) is 1. The molecule has 0 amide bonds. The Morgan fingerprint density at radius 1 is 1.10 bits per heavy atom. The van der Waals surface area contributed by atoms with E-state index in [4.69, 9.17) is 4.98 Å². The van der Waals surface area contributed by atoms with Gasteiger partial charge >= 0.3 is 0 Å². The van der Waals surface area contributed by atoms with Gasteiger partial charge in [-0.05, 0) is 45.6 Å². The second kappa shape index (κ2) is 4.99. The molecular formula is C16H24N4. The van der Waals surface area contributed by atoms with Gasteiger partial charge in [-0.1, -0.05) is 6.42 Å². The first-order valence-corrected chi connectivity index (χ1v) is 8.16. The molecule has 0 bridgehead atoms. The Morgan fingerprint density at radius 2 is 2.00 bits per heavy atom. The molecule has 3 fully saturated rings. The van der Waals surface area contributed by atoms with E-state index in [-0.39, 0.29) is 0 Å². The normalized spacial score (nSPS) is 30.2. The van der Waals surface area contributed by atoms with Crippen LogP contribution in [0.5, 0.6) is 0 Å². The molecule has 4 nitrogen and oxygen atoms in total. The smallest absolute Gasteiger partial charge is 0.134 e. The van der Waals surface area contributed by atoms with E-state index in [9.17, 15) is 0 Å². The van der Waals surface area contributed by atoms with Crippen LogP contribution in [0.25, 0.3) is 0 Å². The van der Waals surface area contributed by atoms with Crippen molar-refractivity contribution in [3.05, 3.63) is 17.6 Å². The van der Waals surface area contributed by atoms with Gasteiger partial charge < -0.3 is 5.32 Å². The summed E-state index contributed by atoms with van der Waals surface area (Å²) in [6.45, 7) is 4.63. The quantitative estimate of drug-likeness (QED) is 0.918. The minimum atomic E-state index is 0.580. The van der Waals surface area contributed by atoms with Crippen molar-refractivity contribution in [1.29, 1.82) is 0 Å². The molecule has 1 saturated carbocycles. The van der Waals surface area contributed by atoms with Crippen LogP contribution < -0.4 is 5.32 Å². The van der Waals surface area contributed by atoms with Crippen molar-refractivity contribution in [3.63, 3.8) is 0 Å². The SMILES string of the molecule is Cc1cc(N[C@H]2CCN3CCCC[C@@H]23)nc(C2CC2)n1. The Morgan fingerprint density at radius 3 is 2.85 bits per heavy atom. The van der Waals surface area contributed by atoms with Crippen LogP contribution in [-0.2, 0) is 0 Å². The summed E-state index contributed by atoms with van der Waals surface area (Å²) >= 11 is 0. The Labute approximate surface area is 121 Å². The highest BCUT2D eigenvalue weighted by Gasteiger charge is 2.35. The molecule has 0 radical (unpaired) electrons. The molecule has 0 spiro atoms. The fourth-order valence-corrected chi connectivity index (χ4v) is 3.80. The first kappa shape index (κ1) is 12.6. The Bertz CT molecular complexity index is 497.